The Morgan fingerprint density at radius 3 is 2.81 bits per heavy atom. The summed E-state index contributed by atoms with van der Waals surface area (Å²) in [4.78, 5) is 29.2. The zero-order valence-electron chi connectivity index (χ0n) is 20.2. The van der Waals surface area contributed by atoms with Crippen LogP contribution >= 0.6 is 11.8 Å². The Kier molecular flexibility index (Phi) is 6.37. The molecule has 8 nitrogen and oxygen atoms in total. The lowest BCUT2D eigenvalue weighted by Gasteiger charge is -2.46. The molecule has 0 radical (unpaired) electrons. The van der Waals surface area contributed by atoms with Crippen LogP contribution in [-0.2, 0) is 9.53 Å². The van der Waals surface area contributed by atoms with Crippen molar-refractivity contribution < 1.29 is 19.1 Å². The number of rotatable bonds is 5. The van der Waals surface area contributed by atoms with Gasteiger partial charge >= 0.3 is 6.03 Å². The van der Waals surface area contributed by atoms with Gasteiger partial charge in [-0.05, 0) is 68.6 Å². The third-order valence-corrected chi connectivity index (χ3v) is 8.60. The van der Waals surface area contributed by atoms with E-state index < -0.39 is 0 Å². The summed E-state index contributed by atoms with van der Waals surface area (Å²) >= 11 is 1.53. The first-order chi connectivity index (χ1) is 17.6. The monoisotopic (exact) mass is 506 g/mol. The molecule has 0 saturated carbocycles. The fraction of sp³-hybridized carbons (Fsp3) is 0.407. The number of ether oxygens (including phenoxy) is 2. The Morgan fingerprint density at radius 1 is 1.17 bits per heavy atom. The van der Waals surface area contributed by atoms with E-state index in [1.54, 1.807) is 0 Å². The van der Waals surface area contributed by atoms with Crippen molar-refractivity contribution in [3.05, 3.63) is 64.7 Å². The highest BCUT2D eigenvalue weighted by atomic mass is 32.2. The van der Waals surface area contributed by atoms with Crippen LogP contribution in [0.3, 0.4) is 0 Å². The number of nitrogens with zero attached hydrogens (tertiary/aromatic N) is 1. The lowest BCUT2D eigenvalue weighted by atomic mass is 9.86. The van der Waals surface area contributed by atoms with Crippen molar-refractivity contribution in [1.29, 1.82) is 0 Å². The molecule has 3 unspecified atom stereocenters. The van der Waals surface area contributed by atoms with Gasteiger partial charge in [0, 0.05) is 23.9 Å². The van der Waals surface area contributed by atoms with E-state index in [0.717, 1.165) is 60.9 Å². The number of piperidine rings is 1. The molecule has 3 fully saturated rings. The first-order valence-corrected chi connectivity index (χ1v) is 13.4. The summed E-state index contributed by atoms with van der Waals surface area (Å²) in [6.45, 7) is 4.07. The molecule has 0 aromatic heterocycles. The molecule has 9 heteroatoms. The second-order valence-corrected chi connectivity index (χ2v) is 10.8. The van der Waals surface area contributed by atoms with Crippen LogP contribution in [0.1, 0.15) is 24.8 Å². The Bertz CT molecular complexity index is 1200. The number of benzene rings is 2. The number of hydrogen-bond acceptors (Lipinski definition) is 6. The molecule has 2 aromatic rings. The number of carbonyl (C=O) groups excluding carboxylic acids is 2. The highest BCUT2D eigenvalue weighted by Crippen LogP contribution is 2.48. The molecule has 3 amide bonds. The van der Waals surface area contributed by atoms with Crippen LogP contribution in [0.25, 0.3) is 0 Å². The van der Waals surface area contributed by atoms with Crippen LogP contribution in [0.4, 0.5) is 10.5 Å². The molecule has 0 spiro atoms. The normalized spacial score (nSPS) is 27.4. The van der Waals surface area contributed by atoms with Gasteiger partial charge in [-0.25, -0.2) is 4.79 Å². The summed E-state index contributed by atoms with van der Waals surface area (Å²) in [5.41, 5.74) is 2.57. The Labute approximate surface area is 214 Å². The number of urea groups is 1. The van der Waals surface area contributed by atoms with Gasteiger partial charge < -0.3 is 25.4 Å². The van der Waals surface area contributed by atoms with Crippen LogP contribution in [0.15, 0.2) is 59.1 Å². The zero-order chi connectivity index (χ0) is 24.6. The molecule has 3 saturated heterocycles. The minimum absolute atomic E-state index is 0.0152. The molecular formula is C27H30N4O4S. The van der Waals surface area contributed by atoms with Gasteiger partial charge in [0.2, 0.25) is 0 Å². The number of carbonyl (C=O) groups is 2. The summed E-state index contributed by atoms with van der Waals surface area (Å²) in [7, 11) is 0. The summed E-state index contributed by atoms with van der Waals surface area (Å²) in [5, 5.41) is 9.81. The van der Waals surface area contributed by atoms with Gasteiger partial charge in [-0.3, -0.25) is 9.69 Å². The number of aryl methyl sites for hydroxylation is 1. The maximum Gasteiger partial charge on any atom is 0.326 e. The molecule has 3 N–H and O–H groups in total. The maximum absolute atomic E-state index is 13.5. The molecule has 4 aliphatic rings. The van der Waals surface area contributed by atoms with E-state index >= 15 is 0 Å². The summed E-state index contributed by atoms with van der Waals surface area (Å²) in [6, 6.07) is 15.3. The van der Waals surface area contributed by atoms with Crippen molar-refractivity contribution in [1.82, 2.24) is 16.0 Å². The number of hydrogen-bond donors (Lipinski definition) is 3. The van der Waals surface area contributed by atoms with Crippen molar-refractivity contribution >= 4 is 29.4 Å². The number of nitrogens with one attached hydrogen (secondary N) is 3. The van der Waals surface area contributed by atoms with Gasteiger partial charge in [0.25, 0.3) is 5.91 Å². The Balaban J connectivity index is 1.25. The molecule has 188 valence electrons. The van der Waals surface area contributed by atoms with Gasteiger partial charge in [0.05, 0.1) is 29.0 Å². The summed E-state index contributed by atoms with van der Waals surface area (Å²) < 4.78 is 11.5. The second kappa shape index (κ2) is 9.80. The number of para-hydroxylation sites is 1. The van der Waals surface area contributed by atoms with E-state index in [1.165, 1.54) is 11.8 Å². The quantitative estimate of drug-likeness (QED) is 0.570. The average Bonchev–Trinajstić information content (AvgIpc) is 3.26. The van der Waals surface area contributed by atoms with Crippen molar-refractivity contribution in [2.45, 2.75) is 43.6 Å². The molecule has 0 bridgehead atoms. The first kappa shape index (κ1) is 23.4. The highest BCUT2D eigenvalue weighted by Gasteiger charge is 2.52. The van der Waals surface area contributed by atoms with Crippen molar-refractivity contribution in [3.63, 3.8) is 0 Å². The number of anilines is 1. The number of amides is 3. The fourth-order valence-electron chi connectivity index (χ4n) is 5.59. The van der Waals surface area contributed by atoms with E-state index in [2.05, 4.69) is 16.0 Å². The van der Waals surface area contributed by atoms with Crippen LogP contribution in [0, 0.1) is 12.8 Å². The van der Waals surface area contributed by atoms with Crippen molar-refractivity contribution in [2.24, 2.45) is 5.92 Å². The predicted octanol–water partition coefficient (Wildman–Crippen LogP) is 3.87. The highest BCUT2D eigenvalue weighted by molar-refractivity contribution is 8.04. The molecule has 4 heterocycles. The predicted molar refractivity (Wildman–Crippen MR) is 139 cm³/mol. The molecule has 0 aliphatic carbocycles. The summed E-state index contributed by atoms with van der Waals surface area (Å²) in [6.07, 6.45) is 2.67. The molecule has 2 aromatic carbocycles. The Hall–Kier alpha value is -3.01. The fourth-order valence-corrected chi connectivity index (χ4v) is 6.99. The van der Waals surface area contributed by atoms with Crippen molar-refractivity contribution in [2.75, 3.05) is 24.7 Å². The molecule has 4 aliphatic heterocycles. The third-order valence-electron chi connectivity index (χ3n) is 7.25. The first-order valence-electron chi connectivity index (χ1n) is 12.5. The van der Waals surface area contributed by atoms with Crippen molar-refractivity contribution in [3.8, 4) is 11.5 Å². The third kappa shape index (κ3) is 4.36. The minimum Gasteiger partial charge on any atom is -0.457 e. The SMILES string of the molecule is Cc1cc(Oc2ccccc2)ccc1N1C(=O)NC2=C(C(=O)N[C@@H]3CCCOC3)SC3NCCC1C23. The van der Waals surface area contributed by atoms with Crippen LogP contribution in [0.2, 0.25) is 0 Å². The largest absolute Gasteiger partial charge is 0.457 e. The standard InChI is InChI=1S/C27H30N4O4S/c1-16-14-19(35-18-7-3-2-4-8-18)9-10-20(16)31-21-11-12-28-26-22(21)23(30-27(31)33)24(36-26)25(32)29-17-6-5-13-34-15-17/h2-4,7-10,14,17,21-22,26,28H,5-6,11-13,15H2,1H3,(H,29,32)(H,30,33)/t17-,21?,22?,26?/m1/s1. The van der Waals surface area contributed by atoms with E-state index in [4.69, 9.17) is 9.47 Å². The molecule has 36 heavy (non-hydrogen) atoms. The number of thioether (sulfide) groups is 1. The Morgan fingerprint density at radius 2 is 2.03 bits per heavy atom. The smallest absolute Gasteiger partial charge is 0.326 e. The molecule has 4 atom stereocenters. The lowest BCUT2D eigenvalue weighted by Crippen LogP contribution is -2.62. The van der Waals surface area contributed by atoms with Crippen LogP contribution in [-0.4, -0.2) is 49.2 Å². The van der Waals surface area contributed by atoms with E-state index in [-0.39, 0.29) is 35.3 Å². The van der Waals surface area contributed by atoms with Gasteiger partial charge in [0.15, 0.2) is 0 Å². The maximum atomic E-state index is 13.5. The average molecular weight is 507 g/mol. The van der Waals surface area contributed by atoms with E-state index in [0.29, 0.717) is 11.5 Å². The van der Waals surface area contributed by atoms with Gasteiger partial charge in [-0.15, -0.1) is 0 Å². The van der Waals surface area contributed by atoms with Gasteiger partial charge in [0.1, 0.15) is 11.5 Å². The van der Waals surface area contributed by atoms with Crippen LogP contribution in [0.5, 0.6) is 11.5 Å². The van der Waals surface area contributed by atoms with Gasteiger partial charge in [-0.1, -0.05) is 30.0 Å². The van der Waals surface area contributed by atoms with E-state index in [1.807, 2.05) is 60.4 Å². The molecular weight excluding hydrogens is 476 g/mol. The van der Waals surface area contributed by atoms with E-state index in [9.17, 15) is 9.59 Å². The minimum atomic E-state index is -0.194. The molecule has 6 rings (SSSR count). The van der Waals surface area contributed by atoms with Gasteiger partial charge in [-0.2, -0.15) is 0 Å². The topological polar surface area (TPSA) is 91.9 Å². The lowest BCUT2D eigenvalue weighted by molar-refractivity contribution is -0.118. The second-order valence-electron chi connectivity index (χ2n) is 9.67. The zero-order valence-corrected chi connectivity index (χ0v) is 21.0. The summed E-state index contributed by atoms with van der Waals surface area (Å²) in [5.74, 6) is 1.40. The van der Waals surface area contributed by atoms with Crippen LogP contribution < -0.4 is 25.6 Å².